The van der Waals surface area contributed by atoms with E-state index in [1.165, 1.54) is 9.80 Å². The van der Waals surface area contributed by atoms with E-state index in [0.717, 1.165) is 40.0 Å². The van der Waals surface area contributed by atoms with E-state index in [1.807, 2.05) is 48.5 Å². The molecule has 32 nitrogen and oxygen atoms in total. The number of carboxylic acids is 1. The lowest BCUT2D eigenvalue weighted by atomic mass is 9.84. The highest BCUT2D eigenvalue weighted by atomic mass is 16.4. The second kappa shape index (κ2) is 34.0. The predicted octanol–water partition coefficient (Wildman–Crippen LogP) is -4.97. The topological polar surface area (TPSA) is 533 Å². The number of nitrogens with two attached hydrogens (primary N) is 7. The molecule has 0 bridgehead atoms. The fraction of sp³-hybridized carbons (Fsp3) is 0.609. The Bertz CT molecular complexity index is 3200. The van der Waals surface area contributed by atoms with Crippen LogP contribution in [0.3, 0.4) is 0 Å². The maximum atomic E-state index is 15.1. The molecule has 6 aliphatic rings. The molecule has 2 aromatic carbocycles. The standard InChI is InChI=1S/C64H95N19O13/c65-41(16-7-22-72-62(66)67)53(87)76-42(17-8-23-73-63(68)69)58(92)81-25-10-20-46(81)60(94)82-26-21-48(85)52(82)57(91)75-32-49(86)79-50(39-27-34-11-1-2-12-35(34)28-39)55(89)78-44(33-84)59(93)83-45-19-6-5-15-38(45)31-47(83)54(88)80-51(40-29-36-13-3-4-14-37(36)30-40)56(90)77-43(61(95)96)18-9-24-74-64(70)71/h1-4,11-14,38-48,50-52,84-85H,5-10,15-33,65H2,(H,75,91)(H,76,87)(H,77,90)(H,78,89)(H,79,86)(H,80,88)(H,95,96)(H4,66,67,72)(H4,68,69,73)(H4,70,71,74)/t38-,41-,42-,43-,44-,45-,46-,47-,48-,50-,51-,52-/m0/s1. The number of nitrogens with zero attached hydrogens (tertiary/aromatic N) is 6. The van der Waals surface area contributed by atoms with Crippen molar-refractivity contribution in [1.82, 2.24) is 46.6 Å². The van der Waals surface area contributed by atoms with E-state index in [4.69, 9.17) is 40.1 Å². The van der Waals surface area contributed by atoms with Gasteiger partial charge >= 0.3 is 5.97 Å². The number of hydrogen-bond donors (Lipinski definition) is 16. The molecule has 2 aromatic rings. The van der Waals surface area contributed by atoms with Crippen LogP contribution < -0.4 is 72.0 Å². The zero-order valence-corrected chi connectivity index (χ0v) is 54.0. The largest absolute Gasteiger partial charge is 0.480 e. The van der Waals surface area contributed by atoms with E-state index in [2.05, 4.69) is 46.9 Å². The van der Waals surface area contributed by atoms with E-state index < -0.39 is 151 Å². The fourth-order valence-electron chi connectivity index (χ4n) is 14.6. The lowest BCUT2D eigenvalue weighted by molar-refractivity contribution is -0.149. The molecule has 0 spiro atoms. The molecule has 12 atom stereocenters. The lowest BCUT2D eigenvalue weighted by Gasteiger charge is -2.36. The number of aliphatic hydroxyl groups excluding tert-OH is 2. The van der Waals surface area contributed by atoms with Crippen molar-refractivity contribution in [2.45, 2.75) is 182 Å². The third kappa shape index (κ3) is 18.6. The molecule has 3 aliphatic heterocycles. The lowest BCUT2D eigenvalue weighted by Crippen LogP contribution is -2.62. The van der Waals surface area contributed by atoms with Gasteiger partial charge in [-0.1, -0.05) is 61.4 Å². The number of carbonyl (C=O) groups is 10. The van der Waals surface area contributed by atoms with Crippen molar-refractivity contribution >= 4 is 77.0 Å². The third-order valence-corrected chi connectivity index (χ3v) is 19.3. The first kappa shape index (κ1) is 72.7. The summed E-state index contributed by atoms with van der Waals surface area (Å²) >= 11 is 0. The summed E-state index contributed by atoms with van der Waals surface area (Å²) in [6, 6.07) is 2.97. The summed E-state index contributed by atoms with van der Waals surface area (Å²) in [4.78, 5) is 158. The monoisotopic (exact) mass is 1340 g/mol. The fourth-order valence-corrected chi connectivity index (χ4v) is 14.6. The normalized spacial score (nSPS) is 22.3. The minimum Gasteiger partial charge on any atom is -0.480 e. The van der Waals surface area contributed by atoms with Gasteiger partial charge in [-0.3, -0.25) is 58.1 Å². The van der Waals surface area contributed by atoms with Crippen molar-refractivity contribution in [3.8, 4) is 0 Å². The van der Waals surface area contributed by atoms with Gasteiger partial charge in [0.1, 0.15) is 48.3 Å². The van der Waals surface area contributed by atoms with Crippen LogP contribution in [-0.2, 0) is 73.6 Å². The van der Waals surface area contributed by atoms with Crippen LogP contribution in [0.1, 0.15) is 112 Å². The first-order valence-electron chi connectivity index (χ1n) is 33.2. The van der Waals surface area contributed by atoms with Crippen LogP contribution in [0.25, 0.3) is 0 Å². The van der Waals surface area contributed by atoms with Crippen LogP contribution in [0.4, 0.5) is 0 Å². The van der Waals surface area contributed by atoms with Crippen molar-refractivity contribution in [2.75, 3.05) is 45.9 Å². The van der Waals surface area contributed by atoms with Crippen LogP contribution in [0.2, 0.25) is 0 Å². The summed E-state index contributed by atoms with van der Waals surface area (Å²) in [6.45, 7) is -1.14. The van der Waals surface area contributed by atoms with Crippen LogP contribution in [0.15, 0.2) is 63.5 Å². The minimum atomic E-state index is -1.63. The number of amides is 9. The summed E-state index contributed by atoms with van der Waals surface area (Å²) in [5, 5.41) is 48.8. The Hall–Kier alpha value is -9.17. The Kier molecular flexibility index (Phi) is 25.7. The highest BCUT2D eigenvalue weighted by Gasteiger charge is 2.51. The molecule has 1 saturated carbocycles. The average Bonchev–Trinajstić information content (AvgIpc) is 1.62. The van der Waals surface area contributed by atoms with Crippen molar-refractivity contribution in [2.24, 2.45) is 72.9 Å². The molecule has 0 radical (unpaired) electrons. The molecular formula is C64H95N19O13. The summed E-state index contributed by atoms with van der Waals surface area (Å²) in [5.74, 6) is -9.65. The van der Waals surface area contributed by atoms with Gasteiger partial charge in [0.25, 0.3) is 0 Å². The first-order chi connectivity index (χ1) is 45.9. The van der Waals surface area contributed by atoms with E-state index >= 15 is 4.79 Å². The predicted molar refractivity (Wildman–Crippen MR) is 352 cm³/mol. The number of carbonyl (C=O) groups excluding carboxylic acids is 9. The number of aliphatic carboxylic acids is 1. The zero-order chi connectivity index (χ0) is 69.3. The number of aliphatic imine (C=N–C) groups is 3. The average molecular weight is 1340 g/mol. The number of benzene rings is 2. The van der Waals surface area contributed by atoms with E-state index in [0.29, 0.717) is 51.4 Å². The van der Waals surface area contributed by atoms with Crippen LogP contribution >= 0.6 is 0 Å². The number of aliphatic hydroxyl groups is 2. The van der Waals surface area contributed by atoms with Gasteiger partial charge in [-0.2, -0.15) is 0 Å². The molecule has 96 heavy (non-hydrogen) atoms. The molecular weight excluding hydrogens is 1240 g/mol. The Morgan fingerprint density at radius 1 is 0.552 bits per heavy atom. The molecule has 23 N–H and O–H groups in total. The smallest absolute Gasteiger partial charge is 0.326 e. The van der Waals surface area contributed by atoms with Crippen molar-refractivity contribution in [3.63, 3.8) is 0 Å². The van der Waals surface area contributed by atoms with Crippen LogP contribution in [0.5, 0.6) is 0 Å². The number of likely N-dealkylation sites (tertiary alicyclic amines) is 3. The Balaban J connectivity index is 0.946. The molecule has 524 valence electrons. The zero-order valence-electron chi connectivity index (χ0n) is 54.0. The van der Waals surface area contributed by atoms with Gasteiger partial charge < -0.3 is 102 Å². The third-order valence-electron chi connectivity index (χ3n) is 19.3. The quantitative estimate of drug-likeness (QED) is 0.0191. The number of carboxylic acid groups (broad SMARTS) is 1. The van der Waals surface area contributed by atoms with E-state index in [-0.39, 0.29) is 108 Å². The molecule has 0 aromatic heterocycles. The second-order valence-corrected chi connectivity index (χ2v) is 25.9. The summed E-state index contributed by atoms with van der Waals surface area (Å²) in [6.07, 6.45) is 4.60. The van der Waals surface area contributed by atoms with Crippen LogP contribution in [-0.4, -0.2) is 219 Å². The van der Waals surface area contributed by atoms with Crippen molar-refractivity contribution in [1.29, 1.82) is 0 Å². The van der Waals surface area contributed by atoms with Gasteiger partial charge in [0.2, 0.25) is 53.2 Å². The number of nitrogens with one attached hydrogen (secondary N) is 6. The molecule has 4 fully saturated rings. The molecule has 3 heterocycles. The Labute approximate surface area is 556 Å². The molecule has 0 unspecified atom stereocenters. The van der Waals surface area contributed by atoms with Gasteiger partial charge in [-0.25, -0.2) is 4.79 Å². The van der Waals surface area contributed by atoms with Gasteiger partial charge in [0, 0.05) is 38.8 Å². The van der Waals surface area contributed by atoms with E-state index in [1.54, 1.807) is 0 Å². The number of rotatable bonds is 31. The minimum absolute atomic E-state index is 0.0203. The summed E-state index contributed by atoms with van der Waals surface area (Å²) in [7, 11) is 0. The SMILES string of the molecule is NC(N)=NCCC[C@H](NC(=O)[C@@H](NC(=O)[C@@H]1C[C@@H]2CCCC[C@@H]2N1C(=O)[C@H](CO)NC(=O)[C@@H](NC(=O)CNC(=O)[C@@H]1[C@@H](O)CCN1C(=O)[C@@H]1CCCN1C(=O)[C@H](CCCN=C(N)N)NC(=O)[C@@H](N)CCCN=C(N)N)C1Cc2ccccc2C1)C1Cc2ccccc2C1)C(=O)O. The van der Waals surface area contributed by atoms with Gasteiger partial charge in [-0.05, 0) is 143 Å². The molecule has 8 rings (SSSR count). The molecule has 32 heteroatoms. The first-order valence-corrected chi connectivity index (χ1v) is 33.2. The molecule has 9 amide bonds. The van der Waals surface area contributed by atoms with Crippen molar-refractivity contribution < 1.29 is 63.3 Å². The maximum absolute atomic E-state index is 15.1. The summed E-state index contributed by atoms with van der Waals surface area (Å²) < 4.78 is 0. The van der Waals surface area contributed by atoms with Gasteiger partial charge in [0.15, 0.2) is 17.9 Å². The Morgan fingerprint density at radius 3 is 1.60 bits per heavy atom. The summed E-state index contributed by atoms with van der Waals surface area (Å²) in [5.41, 5.74) is 42.7. The second-order valence-electron chi connectivity index (χ2n) is 25.9. The number of guanidine groups is 3. The van der Waals surface area contributed by atoms with Gasteiger partial charge in [0.05, 0.1) is 25.3 Å². The molecule has 3 saturated heterocycles. The van der Waals surface area contributed by atoms with Crippen molar-refractivity contribution in [3.05, 3.63) is 70.8 Å². The van der Waals surface area contributed by atoms with E-state index in [9.17, 15) is 58.5 Å². The number of fused-ring (bicyclic) bond motifs is 3. The Morgan fingerprint density at radius 2 is 1.06 bits per heavy atom. The maximum Gasteiger partial charge on any atom is 0.326 e. The highest BCUT2D eigenvalue weighted by molar-refractivity contribution is 5.99. The van der Waals surface area contributed by atoms with Crippen LogP contribution in [0, 0.1) is 17.8 Å². The van der Waals surface area contributed by atoms with Gasteiger partial charge in [-0.15, -0.1) is 0 Å². The highest BCUT2D eigenvalue weighted by Crippen LogP contribution is 2.41. The molecule has 3 aliphatic carbocycles. The number of hydrogen-bond acceptors (Lipinski definition) is 16.